The molecule has 0 radical (unpaired) electrons. The van der Waals surface area contributed by atoms with E-state index in [2.05, 4.69) is 5.32 Å². The summed E-state index contributed by atoms with van der Waals surface area (Å²) in [6.07, 6.45) is 1.62. The molecule has 3 aromatic carbocycles. The molecule has 7 heteroatoms. The van der Waals surface area contributed by atoms with E-state index in [1.54, 1.807) is 42.5 Å². The molecule has 5 nitrogen and oxygen atoms in total. The molecular weight excluding hydrogens is 449 g/mol. The highest BCUT2D eigenvalue weighted by Gasteiger charge is 2.19. The normalized spacial score (nSPS) is 13.1. The van der Waals surface area contributed by atoms with Crippen LogP contribution in [0.15, 0.2) is 89.7 Å². The number of thiazole rings is 1. The Bertz CT molecular complexity index is 1530. The summed E-state index contributed by atoms with van der Waals surface area (Å²) >= 11 is 1.04. The van der Waals surface area contributed by atoms with Gasteiger partial charge in [-0.2, -0.15) is 5.26 Å². The van der Waals surface area contributed by atoms with Gasteiger partial charge in [0.15, 0.2) is 5.57 Å². The van der Waals surface area contributed by atoms with Crippen molar-refractivity contribution in [1.29, 1.82) is 5.26 Å². The summed E-state index contributed by atoms with van der Waals surface area (Å²) in [6.45, 7) is 1.83. The monoisotopic (exact) mass is 469 g/mol. The first kappa shape index (κ1) is 22.9. The van der Waals surface area contributed by atoms with Crippen molar-refractivity contribution in [1.82, 2.24) is 9.88 Å². The minimum absolute atomic E-state index is 0.160. The first-order valence-corrected chi connectivity index (χ1v) is 11.3. The highest BCUT2D eigenvalue weighted by molar-refractivity contribution is 7.07. The maximum absolute atomic E-state index is 13.4. The van der Waals surface area contributed by atoms with E-state index in [-0.39, 0.29) is 27.7 Å². The molecule has 1 N–H and O–H groups in total. The minimum atomic E-state index is -0.571. The Hall–Kier alpha value is -4.28. The Balaban J connectivity index is 1.89. The molecule has 4 aromatic rings. The molecule has 0 aliphatic carbocycles. The van der Waals surface area contributed by atoms with Crippen molar-refractivity contribution < 1.29 is 9.18 Å². The number of nitrogens with zero attached hydrogens (tertiary/aromatic N) is 2. The second-order valence-electron chi connectivity index (χ2n) is 7.54. The molecule has 1 heterocycles. The molecule has 4 rings (SSSR count). The van der Waals surface area contributed by atoms with Crippen LogP contribution in [0.25, 0.3) is 17.3 Å². The Labute approximate surface area is 199 Å². The average molecular weight is 470 g/mol. The van der Waals surface area contributed by atoms with E-state index in [9.17, 15) is 19.2 Å². The summed E-state index contributed by atoms with van der Waals surface area (Å²) in [5.74, 6) is -0.951. The Morgan fingerprint density at radius 1 is 1.03 bits per heavy atom. The Morgan fingerprint density at radius 2 is 1.65 bits per heavy atom. The Morgan fingerprint density at radius 3 is 2.26 bits per heavy atom. The van der Waals surface area contributed by atoms with Crippen molar-refractivity contribution >= 4 is 28.9 Å². The molecule has 0 aliphatic heterocycles. The lowest BCUT2D eigenvalue weighted by Crippen LogP contribution is -2.34. The van der Waals surface area contributed by atoms with Crippen LogP contribution in [0.1, 0.15) is 24.1 Å². The van der Waals surface area contributed by atoms with E-state index in [1.165, 1.54) is 16.7 Å². The van der Waals surface area contributed by atoms with Crippen molar-refractivity contribution in [3.8, 4) is 11.8 Å². The molecule has 1 aromatic heterocycles. The smallest absolute Gasteiger partial charge is 0.273 e. The first-order valence-electron chi connectivity index (χ1n) is 10.5. The van der Waals surface area contributed by atoms with Gasteiger partial charge in [0, 0.05) is 0 Å². The number of nitrogens with one attached hydrogen (secondary N) is 1. The number of amides is 1. The number of benzene rings is 3. The van der Waals surface area contributed by atoms with E-state index in [0.717, 1.165) is 16.9 Å². The summed E-state index contributed by atoms with van der Waals surface area (Å²) in [4.78, 5) is 26.5. The van der Waals surface area contributed by atoms with Gasteiger partial charge in [-0.1, -0.05) is 60.7 Å². The van der Waals surface area contributed by atoms with Gasteiger partial charge in [-0.25, -0.2) is 4.39 Å². The number of hydrogen-bond donors (Lipinski definition) is 1. The van der Waals surface area contributed by atoms with Crippen LogP contribution in [0.4, 0.5) is 4.39 Å². The second kappa shape index (κ2) is 10.1. The molecule has 34 heavy (non-hydrogen) atoms. The molecule has 0 bridgehead atoms. The average Bonchev–Trinajstić information content (AvgIpc) is 3.17. The van der Waals surface area contributed by atoms with Crippen molar-refractivity contribution in [2.75, 3.05) is 0 Å². The molecule has 0 saturated heterocycles. The third kappa shape index (κ3) is 4.87. The highest BCUT2D eigenvalue weighted by atomic mass is 32.1. The Kier molecular flexibility index (Phi) is 6.81. The fraction of sp³-hybridized carbons (Fsp3) is 0.0741. The van der Waals surface area contributed by atoms with Crippen LogP contribution in [0.2, 0.25) is 0 Å². The zero-order valence-corrected chi connectivity index (χ0v) is 19.1. The van der Waals surface area contributed by atoms with Gasteiger partial charge in [0.2, 0.25) is 0 Å². The summed E-state index contributed by atoms with van der Waals surface area (Å²) < 4.78 is 15.2. The van der Waals surface area contributed by atoms with Gasteiger partial charge in [-0.05, 0) is 48.4 Å². The number of carbonyl (C=O) groups excluding carboxylic acids is 1. The first-order chi connectivity index (χ1) is 16.5. The zero-order chi connectivity index (χ0) is 24.1. The van der Waals surface area contributed by atoms with Crippen LogP contribution in [0, 0.1) is 17.1 Å². The maximum Gasteiger partial charge on any atom is 0.273 e. The largest absolute Gasteiger partial charge is 0.345 e. The summed E-state index contributed by atoms with van der Waals surface area (Å²) in [6, 6.07) is 25.6. The number of aromatic nitrogens is 1. The van der Waals surface area contributed by atoms with E-state index < -0.39 is 5.91 Å². The van der Waals surface area contributed by atoms with E-state index in [0.29, 0.717) is 15.8 Å². The molecule has 0 aliphatic rings. The third-order valence-electron chi connectivity index (χ3n) is 5.21. The lowest BCUT2D eigenvalue weighted by atomic mass is 10.1. The van der Waals surface area contributed by atoms with Crippen molar-refractivity contribution in [3.63, 3.8) is 0 Å². The van der Waals surface area contributed by atoms with Crippen LogP contribution >= 0.6 is 11.3 Å². The summed E-state index contributed by atoms with van der Waals surface area (Å²) in [7, 11) is 0. The molecule has 0 fully saturated rings. The number of halogens is 1. The van der Waals surface area contributed by atoms with Crippen LogP contribution in [-0.4, -0.2) is 10.5 Å². The third-order valence-corrected chi connectivity index (χ3v) is 6.30. The van der Waals surface area contributed by atoms with Gasteiger partial charge in [0.1, 0.15) is 16.5 Å². The number of rotatable bonds is 5. The van der Waals surface area contributed by atoms with E-state index in [1.807, 2.05) is 49.4 Å². The van der Waals surface area contributed by atoms with Crippen LogP contribution < -0.4 is 20.1 Å². The fourth-order valence-electron chi connectivity index (χ4n) is 3.46. The van der Waals surface area contributed by atoms with E-state index in [4.69, 9.17) is 0 Å². The molecule has 0 saturated carbocycles. The predicted molar refractivity (Wildman–Crippen MR) is 131 cm³/mol. The van der Waals surface area contributed by atoms with E-state index >= 15 is 0 Å². The van der Waals surface area contributed by atoms with Crippen LogP contribution in [-0.2, 0) is 4.79 Å². The van der Waals surface area contributed by atoms with Crippen molar-refractivity contribution in [3.05, 3.63) is 121 Å². The maximum atomic E-state index is 13.4. The molecule has 0 spiro atoms. The van der Waals surface area contributed by atoms with Gasteiger partial charge in [-0.15, -0.1) is 11.3 Å². The lowest BCUT2D eigenvalue weighted by Gasteiger charge is -2.13. The summed E-state index contributed by atoms with van der Waals surface area (Å²) in [5.41, 5.74) is 1.53. The van der Waals surface area contributed by atoms with Gasteiger partial charge in [0.05, 0.1) is 16.3 Å². The molecule has 1 atom stereocenters. The molecule has 1 amide bonds. The second-order valence-corrected chi connectivity index (χ2v) is 8.57. The van der Waals surface area contributed by atoms with Gasteiger partial charge < -0.3 is 5.32 Å². The standard InChI is InChI=1S/C27H20FN3O2S/c1-18(20-8-4-2-5-9-20)30-25(32)23(17-29)27-31(22-10-6-3-7-11-22)26(33)24(34-27)16-19-12-14-21(28)15-13-19/h2-16,18H,1H3,(H,30,32)/b24-16+,27-23-. The number of hydrogen-bond acceptors (Lipinski definition) is 4. The van der Waals surface area contributed by atoms with Gasteiger partial charge in [0.25, 0.3) is 11.5 Å². The fourth-order valence-corrected chi connectivity index (χ4v) is 4.56. The summed E-state index contributed by atoms with van der Waals surface area (Å²) in [5, 5.41) is 12.8. The van der Waals surface area contributed by atoms with Crippen LogP contribution in [0.5, 0.6) is 0 Å². The topological polar surface area (TPSA) is 74.9 Å². The minimum Gasteiger partial charge on any atom is -0.345 e. The number of nitriles is 1. The number of carbonyl (C=O) groups is 1. The molecule has 1 unspecified atom stereocenters. The van der Waals surface area contributed by atoms with Crippen molar-refractivity contribution in [2.24, 2.45) is 0 Å². The van der Waals surface area contributed by atoms with Gasteiger partial charge >= 0.3 is 0 Å². The predicted octanol–water partition coefficient (Wildman–Crippen LogP) is 3.42. The SMILES string of the molecule is CC(NC(=O)/C(C#N)=c1\s/c(=C/c2ccc(F)cc2)c(=O)n1-c1ccccc1)c1ccccc1. The van der Waals surface area contributed by atoms with Crippen LogP contribution in [0.3, 0.4) is 0 Å². The zero-order valence-electron chi connectivity index (χ0n) is 18.2. The molecule has 168 valence electrons. The number of para-hydroxylation sites is 1. The lowest BCUT2D eigenvalue weighted by molar-refractivity contribution is -0.116. The van der Waals surface area contributed by atoms with Crippen molar-refractivity contribution in [2.45, 2.75) is 13.0 Å². The highest BCUT2D eigenvalue weighted by Crippen LogP contribution is 2.12. The van der Waals surface area contributed by atoms with Gasteiger partial charge in [-0.3, -0.25) is 14.2 Å². The molecular formula is C27H20FN3O2S. The quantitative estimate of drug-likeness (QED) is 0.487.